The summed E-state index contributed by atoms with van der Waals surface area (Å²) in [5.74, 6) is 0. The zero-order valence-electron chi connectivity index (χ0n) is 14.7. The average Bonchev–Trinajstić information content (AvgIpc) is 2.50. The molecule has 0 bridgehead atoms. The molecule has 26 heavy (non-hydrogen) atoms. The number of aryl methyl sites for hydroxylation is 1. The van der Waals surface area contributed by atoms with Gasteiger partial charge in [0.1, 0.15) is 11.4 Å². The molecule has 0 saturated carbocycles. The summed E-state index contributed by atoms with van der Waals surface area (Å²) in [7, 11) is 0. The van der Waals surface area contributed by atoms with E-state index in [0.29, 0.717) is 12.0 Å². The van der Waals surface area contributed by atoms with Crippen LogP contribution in [0.3, 0.4) is 0 Å². The molecule has 0 aromatic carbocycles. The number of pyridine rings is 1. The van der Waals surface area contributed by atoms with Crippen LogP contribution in [0.1, 0.15) is 39.2 Å². The minimum Gasteiger partial charge on any atom is -0.350 e. The smallest absolute Gasteiger partial charge is 0.350 e. The highest BCUT2D eigenvalue weighted by Crippen LogP contribution is 2.30. The third-order valence-corrected chi connectivity index (χ3v) is 3.25. The van der Waals surface area contributed by atoms with Gasteiger partial charge in [-0.05, 0) is 44.4 Å². The van der Waals surface area contributed by atoms with Gasteiger partial charge in [0.25, 0.3) is 0 Å². The van der Waals surface area contributed by atoms with Crippen LogP contribution in [0.4, 0.5) is 32.0 Å². The van der Waals surface area contributed by atoms with E-state index >= 15 is 0 Å². The second kappa shape index (κ2) is 9.05. The van der Waals surface area contributed by atoms with E-state index in [4.69, 9.17) is 0 Å². The highest BCUT2D eigenvalue weighted by atomic mass is 19.4. The Bertz CT molecular complexity index is 645. The summed E-state index contributed by atoms with van der Waals surface area (Å²) in [6, 6.07) is 0.731. The molecule has 3 nitrogen and oxygen atoms in total. The summed E-state index contributed by atoms with van der Waals surface area (Å²) in [5, 5.41) is 2.07. The van der Waals surface area contributed by atoms with Crippen LogP contribution in [0.15, 0.2) is 35.2 Å². The number of aromatic nitrogens is 1. The van der Waals surface area contributed by atoms with Crippen molar-refractivity contribution in [2.45, 2.75) is 58.4 Å². The fourth-order valence-electron chi connectivity index (χ4n) is 2.06. The predicted octanol–water partition coefficient (Wildman–Crippen LogP) is 5.69. The number of nitrogens with one attached hydrogen (secondary N) is 1. The maximum atomic E-state index is 13.3. The molecular formula is C17H21F6N3. The topological polar surface area (TPSA) is 37.3 Å². The van der Waals surface area contributed by atoms with Crippen LogP contribution < -0.4 is 5.32 Å². The summed E-state index contributed by atoms with van der Waals surface area (Å²) in [4.78, 5) is 7.03. The Balaban J connectivity index is 3.32. The fourth-order valence-corrected chi connectivity index (χ4v) is 2.06. The van der Waals surface area contributed by atoms with Crippen molar-refractivity contribution in [3.63, 3.8) is 0 Å². The van der Waals surface area contributed by atoms with Gasteiger partial charge in [0, 0.05) is 12.2 Å². The molecule has 0 spiro atoms. The van der Waals surface area contributed by atoms with E-state index in [0.717, 1.165) is 19.0 Å². The number of allylic oxidation sites excluding steroid dienone is 2. The van der Waals surface area contributed by atoms with E-state index in [-0.39, 0.29) is 11.8 Å². The molecule has 1 aromatic heterocycles. The third kappa shape index (κ3) is 7.05. The number of hydrogen-bond donors (Lipinski definition) is 1. The van der Waals surface area contributed by atoms with Crippen LogP contribution in [0.5, 0.6) is 0 Å². The van der Waals surface area contributed by atoms with E-state index in [1.807, 2.05) is 6.92 Å². The van der Waals surface area contributed by atoms with Crippen molar-refractivity contribution < 1.29 is 26.3 Å². The van der Waals surface area contributed by atoms with Crippen LogP contribution in [0.25, 0.3) is 0 Å². The number of hydrogen-bond acceptors (Lipinski definition) is 3. The lowest BCUT2D eigenvalue weighted by atomic mass is 10.1. The van der Waals surface area contributed by atoms with Crippen molar-refractivity contribution in [1.82, 2.24) is 4.98 Å². The van der Waals surface area contributed by atoms with Gasteiger partial charge in [-0.3, -0.25) is 9.98 Å². The number of anilines is 1. The molecule has 146 valence electrons. The van der Waals surface area contributed by atoms with Gasteiger partial charge in [-0.25, -0.2) is 0 Å². The van der Waals surface area contributed by atoms with Crippen molar-refractivity contribution in [2.75, 3.05) is 5.32 Å². The minimum absolute atomic E-state index is 0.00337. The Kier molecular flexibility index (Phi) is 7.65. The average molecular weight is 381 g/mol. The van der Waals surface area contributed by atoms with E-state index in [2.05, 4.69) is 15.3 Å². The molecule has 0 aliphatic carbocycles. The van der Waals surface area contributed by atoms with Crippen molar-refractivity contribution in [3.05, 3.63) is 35.8 Å². The Morgan fingerprint density at radius 3 is 2.35 bits per heavy atom. The molecular weight excluding hydrogens is 360 g/mol. The maximum absolute atomic E-state index is 13.3. The fraction of sp³-hybridized carbons (Fsp3) is 0.529. The number of nitrogens with zero attached hydrogens (tertiary/aromatic N) is 2. The molecule has 0 unspecified atom stereocenters. The van der Waals surface area contributed by atoms with Crippen LogP contribution in [-0.4, -0.2) is 29.1 Å². The Morgan fingerprint density at radius 1 is 1.19 bits per heavy atom. The zero-order valence-corrected chi connectivity index (χ0v) is 14.7. The molecule has 0 amide bonds. The highest BCUT2D eigenvalue weighted by Gasteiger charge is 2.40. The number of rotatable bonds is 7. The van der Waals surface area contributed by atoms with Crippen molar-refractivity contribution >= 4 is 11.4 Å². The van der Waals surface area contributed by atoms with Gasteiger partial charge in [-0.1, -0.05) is 13.3 Å². The van der Waals surface area contributed by atoms with Gasteiger partial charge < -0.3 is 5.32 Å². The molecule has 1 N–H and O–H groups in total. The summed E-state index contributed by atoms with van der Waals surface area (Å²) >= 11 is 0. The second-order valence-corrected chi connectivity index (χ2v) is 5.92. The van der Waals surface area contributed by atoms with Crippen molar-refractivity contribution in [3.8, 4) is 0 Å². The zero-order chi connectivity index (χ0) is 20.0. The Morgan fingerprint density at radius 2 is 1.85 bits per heavy atom. The van der Waals surface area contributed by atoms with Gasteiger partial charge in [0.2, 0.25) is 0 Å². The van der Waals surface area contributed by atoms with Gasteiger partial charge in [0.15, 0.2) is 0 Å². The van der Waals surface area contributed by atoms with E-state index in [9.17, 15) is 26.3 Å². The number of aliphatic imine (C=N–C) groups is 1. The molecule has 0 atom stereocenters. The molecule has 0 fully saturated rings. The predicted molar refractivity (Wildman–Crippen MR) is 89.2 cm³/mol. The summed E-state index contributed by atoms with van der Waals surface area (Å²) in [5.41, 5.74) is -2.56. The standard InChI is InChI=1S/C17H21F6N3/c1-4-5-6-12-7-8-24-10-13(12)26-15(17(21,22)23)9-14(16(18,19)20)25-11(2)3/h7-11,26H,4-6H2,1-3H3/b15-9-,25-14-. The summed E-state index contributed by atoms with van der Waals surface area (Å²) < 4.78 is 79.0. The van der Waals surface area contributed by atoms with Crippen molar-refractivity contribution in [2.24, 2.45) is 4.99 Å². The normalized spacial score (nSPS) is 14.1. The molecule has 0 aliphatic rings. The first kappa shape index (κ1) is 22.0. The molecule has 1 aromatic rings. The monoisotopic (exact) mass is 381 g/mol. The second-order valence-electron chi connectivity index (χ2n) is 5.92. The first-order valence-electron chi connectivity index (χ1n) is 8.09. The Hall–Kier alpha value is -2.06. The number of alkyl halides is 6. The van der Waals surface area contributed by atoms with Crippen molar-refractivity contribution in [1.29, 1.82) is 0 Å². The van der Waals surface area contributed by atoms with E-state index in [1.54, 1.807) is 6.07 Å². The molecule has 0 saturated heterocycles. The number of unbranched alkanes of at least 4 members (excludes halogenated alkanes) is 1. The molecule has 1 heterocycles. The third-order valence-electron chi connectivity index (χ3n) is 3.25. The van der Waals surface area contributed by atoms with Gasteiger partial charge in [-0.15, -0.1) is 0 Å². The largest absolute Gasteiger partial charge is 0.432 e. The molecule has 0 aliphatic heterocycles. The molecule has 1 rings (SSSR count). The first-order chi connectivity index (χ1) is 11.9. The van der Waals surface area contributed by atoms with Gasteiger partial charge in [0.05, 0.1) is 11.9 Å². The van der Waals surface area contributed by atoms with Crippen LogP contribution in [0.2, 0.25) is 0 Å². The summed E-state index contributed by atoms with van der Waals surface area (Å²) in [6.07, 6.45) is -5.39. The highest BCUT2D eigenvalue weighted by molar-refractivity contribution is 6.00. The lowest BCUT2D eigenvalue weighted by Crippen LogP contribution is -2.27. The van der Waals surface area contributed by atoms with E-state index in [1.165, 1.54) is 20.0 Å². The van der Waals surface area contributed by atoms with Gasteiger partial charge >= 0.3 is 12.4 Å². The lowest BCUT2D eigenvalue weighted by molar-refractivity contribution is -0.0905. The van der Waals surface area contributed by atoms with E-state index < -0.39 is 29.8 Å². The van der Waals surface area contributed by atoms with Crippen LogP contribution >= 0.6 is 0 Å². The van der Waals surface area contributed by atoms with Crippen LogP contribution in [0, 0.1) is 0 Å². The lowest BCUT2D eigenvalue weighted by Gasteiger charge is -2.18. The summed E-state index contributed by atoms with van der Waals surface area (Å²) in [6.45, 7) is 4.63. The Labute approximate surface area is 148 Å². The SMILES string of the molecule is CCCCc1ccncc1N/C(=C\C(=N\C(C)C)C(F)(F)F)C(F)(F)F. The van der Waals surface area contributed by atoms with Gasteiger partial charge in [-0.2, -0.15) is 26.3 Å². The molecule has 0 radical (unpaired) electrons. The first-order valence-corrected chi connectivity index (χ1v) is 8.09. The number of halogens is 6. The minimum atomic E-state index is -5.01. The quantitative estimate of drug-likeness (QED) is 0.486. The van der Waals surface area contributed by atoms with Crippen LogP contribution in [-0.2, 0) is 6.42 Å². The maximum Gasteiger partial charge on any atom is 0.432 e. The molecule has 9 heteroatoms.